The van der Waals surface area contributed by atoms with Crippen molar-refractivity contribution in [3.8, 4) is 11.8 Å². The SMILES string of the molecule is CNc1ccc(C#Cc2cnc3cccnc3c2)cn1. The van der Waals surface area contributed by atoms with Gasteiger partial charge >= 0.3 is 0 Å². The van der Waals surface area contributed by atoms with Crippen LogP contribution in [0.15, 0.2) is 48.9 Å². The average Bonchev–Trinajstić information content (AvgIpc) is 2.53. The molecule has 0 amide bonds. The topological polar surface area (TPSA) is 50.7 Å². The van der Waals surface area contributed by atoms with Crippen LogP contribution in [0, 0.1) is 11.8 Å². The summed E-state index contributed by atoms with van der Waals surface area (Å²) in [5.74, 6) is 6.97. The highest BCUT2D eigenvalue weighted by Gasteiger charge is 1.96. The number of nitrogens with one attached hydrogen (secondary N) is 1. The number of hydrogen-bond donors (Lipinski definition) is 1. The predicted octanol–water partition coefficient (Wildman–Crippen LogP) is 2.47. The van der Waals surface area contributed by atoms with Crippen LogP contribution in [-0.2, 0) is 0 Å². The third kappa shape index (κ3) is 2.57. The van der Waals surface area contributed by atoms with Crippen LogP contribution in [0.2, 0.25) is 0 Å². The Kier molecular flexibility index (Phi) is 3.25. The summed E-state index contributed by atoms with van der Waals surface area (Å²) in [7, 11) is 1.83. The average molecular weight is 260 g/mol. The highest BCUT2D eigenvalue weighted by atomic mass is 14.9. The first kappa shape index (κ1) is 12.1. The monoisotopic (exact) mass is 260 g/mol. The maximum atomic E-state index is 4.33. The molecule has 4 nitrogen and oxygen atoms in total. The molecule has 0 fully saturated rings. The molecular weight excluding hydrogens is 248 g/mol. The first-order chi connectivity index (χ1) is 9.85. The Labute approximate surface area is 116 Å². The van der Waals surface area contributed by atoms with Crippen LogP contribution in [-0.4, -0.2) is 22.0 Å². The van der Waals surface area contributed by atoms with Crippen LogP contribution >= 0.6 is 0 Å². The van der Waals surface area contributed by atoms with Gasteiger partial charge in [-0.2, -0.15) is 0 Å². The summed E-state index contributed by atoms with van der Waals surface area (Å²) >= 11 is 0. The number of anilines is 1. The highest BCUT2D eigenvalue weighted by molar-refractivity contribution is 5.75. The molecule has 0 radical (unpaired) electrons. The van der Waals surface area contributed by atoms with Crippen LogP contribution < -0.4 is 5.32 Å². The second kappa shape index (κ2) is 5.37. The van der Waals surface area contributed by atoms with E-state index in [1.165, 1.54) is 0 Å². The van der Waals surface area contributed by atoms with Gasteiger partial charge in [0, 0.05) is 36.8 Å². The van der Waals surface area contributed by atoms with Gasteiger partial charge in [-0.15, -0.1) is 0 Å². The van der Waals surface area contributed by atoms with Gasteiger partial charge in [-0.05, 0) is 30.3 Å². The van der Waals surface area contributed by atoms with Crippen molar-refractivity contribution < 1.29 is 0 Å². The van der Waals surface area contributed by atoms with Gasteiger partial charge in [-0.1, -0.05) is 11.8 Å². The van der Waals surface area contributed by atoms with E-state index in [4.69, 9.17) is 0 Å². The first-order valence-electron chi connectivity index (χ1n) is 6.22. The van der Waals surface area contributed by atoms with E-state index in [0.717, 1.165) is 28.0 Å². The van der Waals surface area contributed by atoms with E-state index in [0.29, 0.717) is 0 Å². The van der Waals surface area contributed by atoms with E-state index in [-0.39, 0.29) is 0 Å². The van der Waals surface area contributed by atoms with Crippen molar-refractivity contribution in [2.45, 2.75) is 0 Å². The standard InChI is InChI=1S/C16H12N4/c1-17-16-7-6-12(10-20-16)4-5-13-9-15-14(19-11-13)3-2-8-18-15/h2-3,6-11H,1H3,(H,17,20). The molecule has 0 atom stereocenters. The lowest BCUT2D eigenvalue weighted by atomic mass is 10.2. The van der Waals surface area contributed by atoms with Crippen LogP contribution in [0.25, 0.3) is 11.0 Å². The smallest absolute Gasteiger partial charge is 0.125 e. The van der Waals surface area contributed by atoms with Crippen molar-refractivity contribution >= 4 is 16.9 Å². The summed E-state index contributed by atoms with van der Waals surface area (Å²) in [6, 6.07) is 9.56. The summed E-state index contributed by atoms with van der Waals surface area (Å²) in [4.78, 5) is 12.8. The number of aromatic nitrogens is 3. The molecule has 3 heterocycles. The normalized spacial score (nSPS) is 9.85. The third-order valence-electron chi connectivity index (χ3n) is 2.82. The molecule has 0 aliphatic rings. The lowest BCUT2D eigenvalue weighted by molar-refractivity contribution is 1.28. The van der Waals surface area contributed by atoms with Gasteiger partial charge in [0.05, 0.1) is 11.0 Å². The Bertz CT molecular complexity index is 798. The van der Waals surface area contributed by atoms with Gasteiger partial charge in [-0.3, -0.25) is 9.97 Å². The van der Waals surface area contributed by atoms with Crippen LogP contribution in [0.3, 0.4) is 0 Å². The zero-order valence-corrected chi connectivity index (χ0v) is 11.0. The summed E-state index contributed by atoms with van der Waals surface area (Å²) in [6.45, 7) is 0. The number of fused-ring (bicyclic) bond motifs is 1. The fraction of sp³-hybridized carbons (Fsp3) is 0.0625. The summed E-state index contributed by atoms with van der Waals surface area (Å²) in [5, 5.41) is 2.97. The molecule has 0 saturated heterocycles. The van der Waals surface area contributed by atoms with Crippen molar-refractivity contribution in [2.24, 2.45) is 0 Å². The van der Waals surface area contributed by atoms with Crippen molar-refractivity contribution in [2.75, 3.05) is 12.4 Å². The van der Waals surface area contributed by atoms with Crippen LogP contribution in [0.1, 0.15) is 11.1 Å². The molecule has 3 rings (SSSR count). The maximum Gasteiger partial charge on any atom is 0.125 e. The Hall–Kier alpha value is -2.93. The number of rotatable bonds is 1. The molecular formula is C16H12N4. The summed E-state index contributed by atoms with van der Waals surface area (Å²) < 4.78 is 0. The van der Waals surface area contributed by atoms with E-state index in [9.17, 15) is 0 Å². The van der Waals surface area contributed by atoms with Gasteiger partial charge in [0.1, 0.15) is 5.82 Å². The zero-order valence-electron chi connectivity index (χ0n) is 11.0. The van der Waals surface area contributed by atoms with Gasteiger partial charge in [0.2, 0.25) is 0 Å². The minimum absolute atomic E-state index is 0.826. The molecule has 3 aromatic rings. The molecule has 96 valence electrons. The predicted molar refractivity (Wildman–Crippen MR) is 79.3 cm³/mol. The number of hydrogen-bond acceptors (Lipinski definition) is 4. The molecule has 1 N–H and O–H groups in total. The maximum absolute atomic E-state index is 4.33. The van der Waals surface area contributed by atoms with E-state index in [1.807, 2.05) is 37.4 Å². The van der Waals surface area contributed by atoms with Gasteiger partial charge in [0.25, 0.3) is 0 Å². The van der Waals surface area contributed by atoms with E-state index >= 15 is 0 Å². The Morgan fingerprint density at radius 3 is 2.55 bits per heavy atom. The second-order valence-corrected chi connectivity index (χ2v) is 4.20. The van der Waals surface area contributed by atoms with Crippen LogP contribution in [0.5, 0.6) is 0 Å². The van der Waals surface area contributed by atoms with Crippen molar-refractivity contribution in [3.05, 3.63) is 60.0 Å². The molecule has 20 heavy (non-hydrogen) atoms. The fourth-order valence-electron chi connectivity index (χ4n) is 1.78. The largest absolute Gasteiger partial charge is 0.373 e. The van der Waals surface area contributed by atoms with Crippen molar-refractivity contribution in [1.82, 2.24) is 15.0 Å². The minimum Gasteiger partial charge on any atom is -0.373 e. The van der Waals surface area contributed by atoms with Crippen molar-refractivity contribution in [1.29, 1.82) is 0 Å². The Morgan fingerprint density at radius 2 is 1.75 bits per heavy atom. The quantitative estimate of drug-likeness (QED) is 0.683. The summed E-state index contributed by atoms with van der Waals surface area (Å²) in [6.07, 6.45) is 5.25. The second-order valence-electron chi connectivity index (χ2n) is 4.20. The fourth-order valence-corrected chi connectivity index (χ4v) is 1.78. The lowest BCUT2D eigenvalue weighted by Crippen LogP contribution is -1.91. The Balaban J connectivity index is 1.90. The van der Waals surface area contributed by atoms with E-state index in [2.05, 4.69) is 32.1 Å². The number of pyridine rings is 3. The van der Waals surface area contributed by atoms with Gasteiger partial charge < -0.3 is 5.32 Å². The molecule has 0 aliphatic heterocycles. The molecule has 0 saturated carbocycles. The van der Waals surface area contributed by atoms with Gasteiger partial charge in [0.15, 0.2) is 0 Å². The summed E-state index contributed by atoms with van der Waals surface area (Å²) in [5.41, 5.74) is 3.43. The lowest BCUT2D eigenvalue weighted by Gasteiger charge is -1.97. The molecule has 4 heteroatoms. The zero-order chi connectivity index (χ0) is 13.8. The third-order valence-corrected chi connectivity index (χ3v) is 2.82. The minimum atomic E-state index is 0.826. The molecule has 0 unspecified atom stereocenters. The molecule has 0 aromatic carbocycles. The van der Waals surface area contributed by atoms with E-state index in [1.54, 1.807) is 18.6 Å². The van der Waals surface area contributed by atoms with Crippen molar-refractivity contribution in [3.63, 3.8) is 0 Å². The number of nitrogens with zero attached hydrogens (tertiary/aromatic N) is 3. The van der Waals surface area contributed by atoms with E-state index < -0.39 is 0 Å². The molecule has 0 spiro atoms. The van der Waals surface area contributed by atoms with Crippen LogP contribution in [0.4, 0.5) is 5.82 Å². The molecule has 0 aliphatic carbocycles. The molecule has 3 aromatic heterocycles. The Morgan fingerprint density at radius 1 is 0.900 bits per heavy atom. The highest BCUT2D eigenvalue weighted by Crippen LogP contribution is 2.09. The molecule has 0 bridgehead atoms. The van der Waals surface area contributed by atoms with Gasteiger partial charge in [-0.25, -0.2) is 4.98 Å². The first-order valence-corrected chi connectivity index (χ1v) is 6.22.